The number of hydrogen-bond donors (Lipinski definition) is 3. The Kier molecular flexibility index (Phi) is 6.68. The van der Waals surface area contributed by atoms with E-state index in [1.165, 1.54) is 11.1 Å². The van der Waals surface area contributed by atoms with Crippen molar-refractivity contribution in [2.45, 2.75) is 12.8 Å². The number of carbonyl (C=O) groups excluding carboxylic acids is 1. The molecular weight excluding hydrogens is 340 g/mol. The number of benzene rings is 2. The van der Waals surface area contributed by atoms with Gasteiger partial charge in [0.05, 0.1) is 6.61 Å². The molecule has 3 N–H and O–H groups in total. The van der Waals surface area contributed by atoms with Crippen molar-refractivity contribution in [1.82, 2.24) is 16.0 Å². The van der Waals surface area contributed by atoms with Gasteiger partial charge in [-0.1, -0.05) is 30.3 Å². The Hall–Kier alpha value is -3.02. The van der Waals surface area contributed by atoms with E-state index in [0.717, 1.165) is 37.7 Å². The number of nitrogens with zero attached hydrogens (tertiary/aromatic N) is 1. The molecule has 0 unspecified atom stereocenters. The highest BCUT2D eigenvalue weighted by molar-refractivity contribution is 5.94. The first kappa shape index (κ1) is 18.8. The van der Waals surface area contributed by atoms with Crippen molar-refractivity contribution in [2.24, 2.45) is 4.99 Å². The minimum absolute atomic E-state index is 0.0686. The van der Waals surface area contributed by atoms with Crippen LogP contribution in [0, 0.1) is 0 Å². The van der Waals surface area contributed by atoms with Crippen LogP contribution in [0.4, 0.5) is 0 Å². The van der Waals surface area contributed by atoms with Crippen LogP contribution in [0.2, 0.25) is 0 Å². The molecule has 1 heterocycles. The maximum atomic E-state index is 12.0. The summed E-state index contributed by atoms with van der Waals surface area (Å²) >= 11 is 0. The number of nitrogens with one attached hydrogen (secondary N) is 3. The number of carbonyl (C=O) groups is 1. The smallest absolute Gasteiger partial charge is 0.251 e. The molecule has 6 heteroatoms. The fourth-order valence-corrected chi connectivity index (χ4v) is 2.99. The van der Waals surface area contributed by atoms with Crippen molar-refractivity contribution in [3.05, 3.63) is 65.2 Å². The molecule has 0 aliphatic carbocycles. The Balaban J connectivity index is 1.34. The van der Waals surface area contributed by atoms with Gasteiger partial charge in [-0.05, 0) is 35.7 Å². The summed E-state index contributed by atoms with van der Waals surface area (Å²) in [4.78, 5) is 16.2. The van der Waals surface area contributed by atoms with Gasteiger partial charge in [-0.2, -0.15) is 0 Å². The Bertz CT molecular complexity index is 790. The molecule has 0 fully saturated rings. The van der Waals surface area contributed by atoms with Crippen molar-refractivity contribution in [2.75, 3.05) is 33.3 Å². The summed E-state index contributed by atoms with van der Waals surface area (Å²) in [6.07, 6.45) is 1.91. The summed E-state index contributed by atoms with van der Waals surface area (Å²) in [7, 11) is 1.74. The summed E-state index contributed by atoms with van der Waals surface area (Å²) < 4.78 is 5.54. The zero-order valence-corrected chi connectivity index (χ0v) is 15.6. The van der Waals surface area contributed by atoms with Gasteiger partial charge < -0.3 is 20.7 Å². The minimum atomic E-state index is -0.0686. The molecule has 0 aromatic heterocycles. The van der Waals surface area contributed by atoms with Crippen LogP contribution in [0.3, 0.4) is 0 Å². The zero-order chi connectivity index (χ0) is 18.9. The maximum Gasteiger partial charge on any atom is 0.251 e. The lowest BCUT2D eigenvalue weighted by molar-refractivity contribution is 0.0954. The van der Waals surface area contributed by atoms with Crippen molar-refractivity contribution >= 4 is 11.9 Å². The lowest BCUT2D eigenvalue weighted by Gasteiger charge is -2.12. The standard InChI is InChI=1S/C21H26N4O2/c1-22-21(25-13-12-23-20(26)17-5-3-2-4-6-17)24-11-9-16-7-8-19-18(15-16)10-14-27-19/h2-8,15H,9-14H2,1H3,(H,23,26)(H2,22,24,25). The highest BCUT2D eigenvalue weighted by Gasteiger charge is 2.11. The summed E-state index contributed by atoms with van der Waals surface area (Å²) in [6, 6.07) is 15.6. The van der Waals surface area contributed by atoms with E-state index in [9.17, 15) is 4.79 Å². The fourth-order valence-electron chi connectivity index (χ4n) is 2.99. The molecule has 0 bridgehead atoms. The third-order valence-corrected chi connectivity index (χ3v) is 4.42. The quantitative estimate of drug-likeness (QED) is 0.397. The number of aliphatic imine (C=N–C) groups is 1. The molecule has 6 nitrogen and oxygen atoms in total. The predicted octanol–water partition coefficient (Wildman–Crippen LogP) is 1.76. The molecule has 1 amide bonds. The second-order valence-electron chi connectivity index (χ2n) is 6.34. The number of fused-ring (bicyclic) bond motifs is 1. The van der Waals surface area contributed by atoms with Crippen molar-refractivity contribution in [3.63, 3.8) is 0 Å². The number of rotatable bonds is 7. The molecule has 0 saturated heterocycles. The highest BCUT2D eigenvalue weighted by atomic mass is 16.5. The molecule has 27 heavy (non-hydrogen) atoms. The molecule has 142 valence electrons. The molecule has 0 radical (unpaired) electrons. The van der Waals surface area contributed by atoms with E-state index in [2.05, 4.69) is 39.1 Å². The normalized spacial score (nSPS) is 12.9. The predicted molar refractivity (Wildman–Crippen MR) is 107 cm³/mol. The Morgan fingerprint density at radius 3 is 2.63 bits per heavy atom. The lowest BCUT2D eigenvalue weighted by atomic mass is 10.1. The first-order valence-electron chi connectivity index (χ1n) is 9.28. The molecule has 1 aliphatic rings. The second-order valence-corrected chi connectivity index (χ2v) is 6.34. The van der Waals surface area contributed by atoms with Crippen LogP contribution in [0.1, 0.15) is 21.5 Å². The van der Waals surface area contributed by atoms with Gasteiger partial charge in [0.25, 0.3) is 5.91 Å². The number of guanidine groups is 1. The summed E-state index contributed by atoms with van der Waals surface area (Å²) in [5, 5.41) is 9.40. The first-order valence-corrected chi connectivity index (χ1v) is 9.28. The number of amides is 1. The van der Waals surface area contributed by atoms with Gasteiger partial charge in [-0.25, -0.2) is 0 Å². The van der Waals surface area contributed by atoms with Crippen molar-refractivity contribution in [3.8, 4) is 5.75 Å². The van der Waals surface area contributed by atoms with E-state index < -0.39 is 0 Å². The fraction of sp³-hybridized carbons (Fsp3) is 0.333. The second kappa shape index (κ2) is 9.62. The summed E-state index contributed by atoms with van der Waals surface area (Å²) in [5.74, 6) is 1.68. The Morgan fingerprint density at radius 2 is 1.81 bits per heavy atom. The molecule has 0 saturated carbocycles. The van der Waals surface area contributed by atoms with E-state index in [1.54, 1.807) is 19.2 Å². The molecule has 2 aromatic rings. The first-order chi connectivity index (χ1) is 13.3. The summed E-state index contributed by atoms with van der Waals surface area (Å²) in [6.45, 7) is 2.71. The van der Waals surface area contributed by atoms with E-state index in [-0.39, 0.29) is 5.91 Å². The lowest BCUT2D eigenvalue weighted by Crippen LogP contribution is -2.42. The Morgan fingerprint density at radius 1 is 1.04 bits per heavy atom. The van der Waals surface area contributed by atoms with Crippen LogP contribution >= 0.6 is 0 Å². The van der Waals surface area contributed by atoms with E-state index in [4.69, 9.17) is 4.74 Å². The van der Waals surface area contributed by atoms with Gasteiger partial charge in [0, 0.05) is 38.7 Å². The topological polar surface area (TPSA) is 74.8 Å². The van der Waals surface area contributed by atoms with Crippen LogP contribution in [0.5, 0.6) is 5.75 Å². The molecule has 3 rings (SSSR count). The molecular formula is C21H26N4O2. The number of hydrogen-bond acceptors (Lipinski definition) is 3. The maximum absolute atomic E-state index is 12.0. The molecule has 0 spiro atoms. The monoisotopic (exact) mass is 366 g/mol. The van der Waals surface area contributed by atoms with E-state index in [1.807, 2.05) is 18.2 Å². The third-order valence-electron chi connectivity index (χ3n) is 4.42. The van der Waals surface area contributed by atoms with Crippen LogP contribution in [0.15, 0.2) is 53.5 Å². The molecule has 1 aliphatic heterocycles. The van der Waals surface area contributed by atoms with Crippen LogP contribution in [0.25, 0.3) is 0 Å². The summed E-state index contributed by atoms with van der Waals surface area (Å²) in [5.41, 5.74) is 3.25. The SMILES string of the molecule is CN=C(NCCNC(=O)c1ccccc1)NCCc1ccc2c(c1)CCO2. The average Bonchev–Trinajstić information content (AvgIpc) is 3.18. The van der Waals surface area contributed by atoms with Gasteiger partial charge in [0.1, 0.15) is 5.75 Å². The van der Waals surface area contributed by atoms with E-state index in [0.29, 0.717) is 18.7 Å². The van der Waals surface area contributed by atoms with Gasteiger partial charge >= 0.3 is 0 Å². The van der Waals surface area contributed by atoms with Crippen LogP contribution in [-0.2, 0) is 12.8 Å². The zero-order valence-electron chi connectivity index (χ0n) is 15.6. The molecule has 0 atom stereocenters. The van der Waals surface area contributed by atoms with E-state index >= 15 is 0 Å². The third kappa shape index (κ3) is 5.48. The average molecular weight is 366 g/mol. The highest BCUT2D eigenvalue weighted by Crippen LogP contribution is 2.25. The molecule has 2 aromatic carbocycles. The van der Waals surface area contributed by atoms with Crippen molar-refractivity contribution in [1.29, 1.82) is 0 Å². The Labute approximate surface area is 160 Å². The largest absolute Gasteiger partial charge is 0.493 e. The van der Waals surface area contributed by atoms with Gasteiger partial charge in [0.15, 0.2) is 5.96 Å². The van der Waals surface area contributed by atoms with Crippen LogP contribution in [-0.4, -0.2) is 45.2 Å². The van der Waals surface area contributed by atoms with Crippen molar-refractivity contribution < 1.29 is 9.53 Å². The minimum Gasteiger partial charge on any atom is -0.493 e. The van der Waals surface area contributed by atoms with Gasteiger partial charge in [-0.15, -0.1) is 0 Å². The number of ether oxygens (including phenoxy) is 1. The van der Waals surface area contributed by atoms with Gasteiger partial charge in [-0.3, -0.25) is 9.79 Å². The van der Waals surface area contributed by atoms with Gasteiger partial charge in [0.2, 0.25) is 0 Å². The van der Waals surface area contributed by atoms with Crippen LogP contribution < -0.4 is 20.7 Å².